The Kier molecular flexibility index (Phi) is 5.23. The summed E-state index contributed by atoms with van der Waals surface area (Å²) < 4.78 is 23.6. The number of aliphatic imine (C=N–C) groups is 1. The number of carbonyl (C=O) groups excluding carboxylic acids is 1. The maximum atomic E-state index is 12.9. The maximum absolute atomic E-state index is 12.9. The van der Waals surface area contributed by atoms with Gasteiger partial charge in [-0.3, -0.25) is 0 Å². The second-order valence-electron chi connectivity index (χ2n) is 5.56. The molecule has 0 spiro atoms. The van der Waals surface area contributed by atoms with Crippen molar-refractivity contribution in [3.8, 4) is 5.75 Å². The number of carbonyl (C=O) groups is 1. The van der Waals surface area contributed by atoms with Gasteiger partial charge in [-0.1, -0.05) is 24.3 Å². The van der Waals surface area contributed by atoms with E-state index in [2.05, 4.69) is 4.99 Å². The predicted octanol–water partition coefficient (Wildman–Crippen LogP) is 4.15. The molecule has 0 saturated carbocycles. The highest BCUT2D eigenvalue weighted by Gasteiger charge is 2.22. The van der Waals surface area contributed by atoms with Crippen molar-refractivity contribution in [2.45, 2.75) is 19.8 Å². The minimum atomic E-state index is -0.462. The average molecular weight is 339 g/mol. The number of nitrogens with zero attached hydrogens (tertiary/aromatic N) is 1. The molecule has 0 atom stereocenters. The van der Waals surface area contributed by atoms with Gasteiger partial charge in [0.1, 0.15) is 11.6 Å². The Bertz CT molecular complexity index is 825. The van der Waals surface area contributed by atoms with Crippen LogP contribution in [-0.2, 0) is 16.0 Å². The predicted molar refractivity (Wildman–Crippen MR) is 93.8 cm³/mol. The molecule has 0 radical (unpaired) electrons. The van der Waals surface area contributed by atoms with E-state index in [1.165, 1.54) is 12.1 Å². The van der Waals surface area contributed by atoms with Crippen molar-refractivity contribution in [2.75, 3.05) is 6.61 Å². The van der Waals surface area contributed by atoms with Crippen LogP contribution < -0.4 is 4.74 Å². The standard InChI is InChI=1S/C20H18FNO3/c1-2-24-17-5-3-4-15(12-17)13-18-20(23)25-19(22-18)11-8-14-6-9-16(21)10-7-14/h3-7,9-10,12-13H,2,8,11H2,1H3/b18-13+. The molecular formula is C20H18FNO3. The fourth-order valence-corrected chi connectivity index (χ4v) is 2.48. The zero-order valence-electron chi connectivity index (χ0n) is 13.9. The van der Waals surface area contributed by atoms with Crippen LogP contribution in [0, 0.1) is 5.82 Å². The fourth-order valence-electron chi connectivity index (χ4n) is 2.48. The summed E-state index contributed by atoms with van der Waals surface area (Å²) in [4.78, 5) is 16.2. The Morgan fingerprint density at radius 2 is 1.96 bits per heavy atom. The molecule has 0 amide bonds. The summed E-state index contributed by atoms with van der Waals surface area (Å²) in [5, 5.41) is 0. The number of aryl methyl sites for hydroxylation is 1. The zero-order valence-corrected chi connectivity index (χ0v) is 13.9. The topological polar surface area (TPSA) is 47.9 Å². The lowest BCUT2D eigenvalue weighted by Gasteiger charge is -2.03. The van der Waals surface area contributed by atoms with Gasteiger partial charge in [0.2, 0.25) is 0 Å². The van der Waals surface area contributed by atoms with E-state index >= 15 is 0 Å². The van der Waals surface area contributed by atoms with Crippen LogP contribution in [0.3, 0.4) is 0 Å². The Morgan fingerprint density at radius 3 is 2.72 bits per heavy atom. The third-order valence-corrected chi connectivity index (χ3v) is 3.68. The van der Waals surface area contributed by atoms with Gasteiger partial charge in [0, 0.05) is 6.42 Å². The van der Waals surface area contributed by atoms with Crippen LogP contribution in [0.1, 0.15) is 24.5 Å². The highest BCUT2D eigenvalue weighted by atomic mass is 19.1. The number of halogens is 1. The van der Waals surface area contributed by atoms with E-state index in [9.17, 15) is 9.18 Å². The first kappa shape index (κ1) is 16.9. The molecule has 3 rings (SSSR count). The van der Waals surface area contributed by atoms with Crippen molar-refractivity contribution >= 4 is 17.9 Å². The molecule has 0 N–H and O–H groups in total. The molecule has 0 aliphatic carbocycles. The molecule has 1 aliphatic rings. The average Bonchev–Trinajstić information content (AvgIpc) is 2.95. The monoisotopic (exact) mass is 339 g/mol. The smallest absolute Gasteiger partial charge is 0.363 e. The highest BCUT2D eigenvalue weighted by Crippen LogP contribution is 2.20. The summed E-state index contributed by atoms with van der Waals surface area (Å²) >= 11 is 0. The Balaban J connectivity index is 1.69. The van der Waals surface area contributed by atoms with Gasteiger partial charge in [0.15, 0.2) is 11.6 Å². The lowest BCUT2D eigenvalue weighted by Crippen LogP contribution is -2.05. The van der Waals surface area contributed by atoms with Crippen LogP contribution in [0.2, 0.25) is 0 Å². The number of cyclic esters (lactones) is 1. The molecule has 1 aliphatic heterocycles. The summed E-state index contributed by atoms with van der Waals surface area (Å²) in [6.45, 7) is 2.49. The van der Waals surface area contributed by atoms with Crippen LogP contribution >= 0.6 is 0 Å². The van der Waals surface area contributed by atoms with Crippen molar-refractivity contribution in [3.05, 3.63) is 71.2 Å². The van der Waals surface area contributed by atoms with Gasteiger partial charge in [-0.05, 0) is 54.8 Å². The molecule has 0 saturated heterocycles. The van der Waals surface area contributed by atoms with Crippen LogP contribution in [0.15, 0.2) is 59.2 Å². The number of esters is 1. The molecule has 4 nitrogen and oxygen atoms in total. The first-order valence-electron chi connectivity index (χ1n) is 8.13. The molecule has 25 heavy (non-hydrogen) atoms. The van der Waals surface area contributed by atoms with E-state index in [1.807, 2.05) is 31.2 Å². The Labute approximate surface area is 145 Å². The molecule has 0 fully saturated rings. The highest BCUT2D eigenvalue weighted by molar-refractivity contribution is 6.07. The Morgan fingerprint density at radius 1 is 1.16 bits per heavy atom. The van der Waals surface area contributed by atoms with Crippen LogP contribution in [-0.4, -0.2) is 18.5 Å². The molecule has 0 bridgehead atoms. The van der Waals surface area contributed by atoms with E-state index in [1.54, 1.807) is 18.2 Å². The molecule has 128 valence electrons. The molecule has 0 unspecified atom stereocenters. The molecule has 2 aromatic carbocycles. The first-order valence-corrected chi connectivity index (χ1v) is 8.13. The van der Waals surface area contributed by atoms with E-state index in [-0.39, 0.29) is 11.5 Å². The summed E-state index contributed by atoms with van der Waals surface area (Å²) in [5.41, 5.74) is 2.05. The van der Waals surface area contributed by atoms with E-state index < -0.39 is 5.97 Å². The van der Waals surface area contributed by atoms with Crippen molar-refractivity contribution in [2.24, 2.45) is 4.99 Å². The molecule has 2 aromatic rings. The minimum Gasteiger partial charge on any atom is -0.494 e. The van der Waals surface area contributed by atoms with Crippen molar-refractivity contribution in [1.82, 2.24) is 0 Å². The van der Waals surface area contributed by atoms with Crippen LogP contribution in [0.25, 0.3) is 6.08 Å². The van der Waals surface area contributed by atoms with Gasteiger partial charge in [-0.15, -0.1) is 0 Å². The first-order chi connectivity index (χ1) is 12.1. The lowest BCUT2D eigenvalue weighted by atomic mass is 10.1. The minimum absolute atomic E-state index is 0.266. The molecule has 1 heterocycles. The van der Waals surface area contributed by atoms with Crippen LogP contribution in [0.4, 0.5) is 4.39 Å². The van der Waals surface area contributed by atoms with E-state index in [0.29, 0.717) is 25.3 Å². The fraction of sp³-hybridized carbons (Fsp3) is 0.200. The molecular weight excluding hydrogens is 321 g/mol. The van der Waals surface area contributed by atoms with Gasteiger partial charge in [-0.25, -0.2) is 14.2 Å². The van der Waals surface area contributed by atoms with Crippen LogP contribution in [0.5, 0.6) is 5.75 Å². The van der Waals surface area contributed by atoms with E-state index in [0.717, 1.165) is 16.9 Å². The second kappa shape index (κ2) is 7.75. The summed E-state index contributed by atoms with van der Waals surface area (Å²) in [6, 6.07) is 13.7. The number of benzene rings is 2. The number of rotatable bonds is 6. The van der Waals surface area contributed by atoms with Gasteiger partial charge in [-0.2, -0.15) is 0 Å². The third-order valence-electron chi connectivity index (χ3n) is 3.68. The van der Waals surface area contributed by atoms with Gasteiger partial charge >= 0.3 is 5.97 Å². The molecule has 0 aromatic heterocycles. The number of hydrogen-bond donors (Lipinski definition) is 0. The maximum Gasteiger partial charge on any atom is 0.363 e. The SMILES string of the molecule is CCOc1cccc(/C=C2/N=C(CCc3ccc(F)cc3)OC2=O)c1. The Hall–Kier alpha value is -2.95. The normalized spacial score (nSPS) is 15.2. The van der Waals surface area contributed by atoms with Crippen molar-refractivity contribution < 1.29 is 18.7 Å². The number of hydrogen-bond acceptors (Lipinski definition) is 4. The van der Waals surface area contributed by atoms with Crippen molar-refractivity contribution in [3.63, 3.8) is 0 Å². The zero-order chi connectivity index (χ0) is 17.6. The largest absolute Gasteiger partial charge is 0.494 e. The third kappa shape index (κ3) is 4.53. The summed E-state index contributed by atoms with van der Waals surface area (Å²) in [6.07, 6.45) is 2.78. The van der Waals surface area contributed by atoms with Gasteiger partial charge < -0.3 is 9.47 Å². The summed E-state index contributed by atoms with van der Waals surface area (Å²) in [5.74, 6) is 0.383. The summed E-state index contributed by atoms with van der Waals surface area (Å²) in [7, 11) is 0. The second-order valence-corrected chi connectivity index (χ2v) is 5.56. The lowest BCUT2D eigenvalue weighted by molar-refractivity contribution is -0.130. The number of ether oxygens (including phenoxy) is 2. The van der Waals surface area contributed by atoms with Gasteiger partial charge in [0.25, 0.3) is 0 Å². The quantitative estimate of drug-likeness (QED) is 0.587. The van der Waals surface area contributed by atoms with Crippen molar-refractivity contribution in [1.29, 1.82) is 0 Å². The van der Waals surface area contributed by atoms with E-state index in [4.69, 9.17) is 9.47 Å². The molecule has 5 heteroatoms. The van der Waals surface area contributed by atoms with Gasteiger partial charge in [0.05, 0.1) is 6.61 Å².